The van der Waals surface area contributed by atoms with Crippen LogP contribution in [-0.4, -0.2) is 6.30 Å². The minimum absolute atomic E-state index is 0.510. The molecular formula is C5H12FN. The lowest BCUT2D eigenvalue weighted by atomic mass is 10.2. The van der Waals surface area contributed by atoms with E-state index in [-0.39, 0.29) is 0 Å². The molecule has 0 fully saturated rings. The summed E-state index contributed by atoms with van der Waals surface area (Å²) >= 11 is 0. The molecule has 0 saturated carbocycles. The fourth-order valence-electron chi connectivity index (χ4n) is 0.399. The quantitative estimate of drug-likeness (QED) is 0.540. The van der Waals surface area contributed by atoms with Gasteiger partial charge in [-0.3, -0.25) is 0 Å². The van der Waals surface area contributed by atoms with Crippen molar-refractivity contribution in [3.63, 3.8) is 0 Å². The van der Waals surface area contributed by atoms with Gasteiger partial charge in [0, 0.05) is 0 Å². The van der Waals surface area contributed by atoms with Gasteiger partial charge in [0.1, 0.15) is 6.30 Å². The molecule has 2 N–H and O–H groups in total. The van der Waals surface area contributed by atoms with E-state index in [1.807, 2.05) is 6.92 Å². The Labute approximate surface area is 43.7 Å². The van der Waals surface area contributed by atoms with Crippen LogP contribution in [0.2, 0.25) is 0 Å². The number of rotatable bonds is 3. The predicted octanol–water partition coefficient (Wildman–Crippen LogP) is 1.43. The molecule has 0 heterocycles. The molecule has 1 atom stereocenters. The van der Waals surface area contributed by atoms with Gasteiger partial charge in [-0.25, -0.2) is 4.39 Å². The van der Waals surface area contributed by atoms with Crippen LogP contribution in [0.3, 0.4) is 0 Å². The third-order valence-electron chi connectivity index (χ3n) is 0.833. The third-order valence-corrected chi connectivity index (χ3v) is 0.833. The van der Waals surface area contributed by atoms with Crippen LogP contribution >= 0.6 is 0 Å². The van der Waals surface area contributed by atoms with Crippen molar-refractivity contribution < 1.29 is 4.39 Å². The molecule has 0 radical (unpaired) electrons. The van der Waals surface area contributed by atoms with E-state index in [9.17, 15) is 4.39 Å². The van der Waals surface area contributed by atoms with Gasteiger partial charge in [0.05, 0.1) is 0 Å². The number of alkyl halides is 1. The average molecular weight is 105 g/mol. The molecule has 0 aromatic carbocycles. The summed E-state index contributed by atoms with van der Waals surface area (Å²) in [5, 5.41) is 0. The van der Waals surface area contributed by atoms with Gasteiger partial charge in [-0.15, -0.1) is 0 Å². The maximum absolute atomic E-state index is 11.7. The molecule has 1 nitrogen and oxygen atoms in total. The summed E-state index contributed by atoms with van der Waals surface area (Å²) in [7, 11) is 0. The topological polar surface area (TPSA) is 26.0 Å². The first-order valence-corrected chi connectivity index (χ1v) is 2.67. The minimum Gasteiger partial charge on any atom is -0.302 e. The van der Waals surface area contributed by atoms with Crippen molar-refractivity contribution in [3.8, 4) is 0 Å². The van der Waals surface area contributed by atoms with E-state index in [1.165, 1.54) is 0 Å². The summed E-state index contributed by atoms with van der Waals surface area (Å²) in [6.07, 6.45) is 1.34. The fourth-order valence-corrected chi connectivity index (χ4v) is 0.399. The van der Waals surface area contributed by atoms with Gasteiger partial charge in [0.25, 0.3) is 0 Å². The highest BCUT2D eigenvalue weighted by atomic mass is 19.1. The average Bonchev–Trinajstić information content (AvgIpc) is 1.61. The van der Waals surface area contributed by atoms with Gasteiger partial charge in [-0.05, 0) is 12.8 Å². The van der Waals surface area contributed by atoms with Crippen molar-refractivity contribution in [1.29, 1.82) is 0 Å². The molecule has 0 spiro atoms. The van der Waals surface area contributed by atoms with Gasteiger partial charge in [0.2, 0.25) is 0 Å². The number of unbranched alkanes of at least 4 members (excludes halogenated alkanes) is 1. The Morgan fingerprint density at radius 1 is 1.71 bits per heavy atom. The van der Waals surface area contributed by atoms with Crippen LogP contribution in [0, 0.1) is 0 Å². The van der Waals surface area contributed by atoms with Gasteiger partial charge < -0.3 is 5.73 Å². The summed E-state index contributed by atoms with van der Waals surface area (Å²) in [4.78, 5) is 0. The summed E-state index contributed by atoms with van der Waals surface area (Å²) in [6.45, 7) is 2.02. The second-order valence-electron chi connectivity index (χ2n) is 1.66. The summed E-state index contributed by atoms with van der Waals surface area (Å²) < 4.78 is 11.7. The molecule has 0 rings (SSSR count). The van der Waals surface area contributed by atoms with Crippen molar-refractivity contribution >= 4 is 0 Å². The molecule has 0 aliphatic rings. The zero-order valence-electron chi connectivity index (χ0n) is 4.65. The molecule has 2 heteroatoms. The first-order valence-electron chi connectivity index (χ1n) is 2.67. The highest BCUT2D eigenvalue weighted by molar-refractivity contribution is 4.42. The van der Waals surface area contributed by atoms with Crippen molar-refractivity contribution in [2.24, 2.45) is 5.73 Å². The van der Waals surface area contributed by atoms with E-state index in [2.05, 4.69) is 0 Å². The van der Waals surface area contributed by atoms with E-state index >= 15 is 0 Å². The Morgan fingerprint density at radius 3 is 2.43 bits per heavy atom. The number of hydrogen-bond donors (Lipinski definition) is 1. The SMILES string of the molecule is CCCCC(N)F. The van der Waals surface area contributed by atoms with E-state index in [4.69, 9.17) is 5.73 Å². The predicted molar refractivity (Wildman–Crippen MR) is 28.6 cm³/mol. The molecule has 0 amide bonds. The Morgan fingerprint density at radius 2 is 2.29 bits per heavy atom. The Hall–Kier alpha value is -0.110. The number of halogens is 1. The largest absolute Gasteiger partial charge is 0.302 e. The van der Waals surface area contributed by atoms with Crippen LogP contribution in [0.15, 0.2) is 0 Å². The lowest BCUT2D eigenvalue weighted by molar-refractivity contribution is 0.317. The molecule has 0 aliphatic carbocycles. The van der Waals surface area contributed by atoms with Crippen LogP contribution < -0.4 is 5.73 Å². The first-order chi connectivity index (χ1) is 3.27. The minimum atomic E-state index is -1.10. The second kappa shape index (κ2) is 4.06. The smallest absolute Gasteiger partial charge is 0.148 e. The van der Waals surface area contributed by atoms with Gasteiger partial charge in [-0.1, -0.05) is 13.3 Å². The van der Waals surface area contributed by atoms with Crippen LogP contribution in [0.1, 0.15) is 26.2 Å². The fraction of sp³-hybridized carbons (Fsp3) is 1.00. The van der Waals surface area contributed by atoms with Crippen LogP contribution in [0.25, 0.3) is 0 Å². The molecule has 0 aromatic heterocycles. The second-order valence-corrected chi connectivity index (χ2v) is 1.66. The van der Waals surface area contributed by atoms with Gasteiger partial charge >= 0.3 is 0 Å². The summed E-state index contributed by atoms with van der Waals surface area (Å²) in [6, 6.07) is 0. The standard InChI is InChI=1S/C5H12FN/c1-2-3-4-5(6)7/h5H,2-4,7H2,1H3. The molecule has 0 aromatic rings. The van der Waals surface area contributed by atoms with E-state index < -0.39 is 6.30 Å². The molecular weight excluding hydrogens is 93.1 g/mol. The van der Waals surface area contributed by atoms with Gasteiger partial charge in [-0.2, -0.15) is 0 Å². The lowest BCUT2D eigenvalue weighted by Crippen LogP contribution is -2.11. The Kier molecular flexibility index (Phi) is 4.00. The monoisotopic (exact) mass is 105 g/mol. The third kappa shape index (κ3) is 5.89. The maximum Gasteiger partial charge on any atom is 0.148 e. The van der Waals surface area contributed by atoms with Crippen LogP contribution in [0.4, 0.5) is 4.39 Å². The van der Waals surface area contributed by atoms with E-state index in [0.29, 0.717) is 6.42 Å². The zero-order chi connectivity index (χ0) is 5.70. The Balaban J connectivity index is 2.68. The number of nitrogens with two attached hydrogens (primary N) is 1. The van der Waals surface area contributed by atoms with Crippen LogP contribution in [-0.2, 0) is 0 Å². The molecule has 0 bridgehead atoms. The van der Waals surface area contributed by atoms with E-state index in [0.717, 1.165) is 12.8 Å². The summed E-state index contributed by atoms with van der Waals surface area (Å²) in [5.74, 6) is 0. The van der Waals surface area contributed by atoms with Crippen LogP contribution in [0.5, 0.6) is 0 Å². The first kappa shape index (κ1) is 6.89. The zero-order valence-corrected chi connectivity index (χ0v) is 4.65. The highest BCUT2D eigenvalue weighted by Gasteiger charge is 1.93. The summed E-state index contributed by atoms with van der Waals surface area (Å²) in [5.41, 5.74) is 4.81. The van der Waals surface area contributed by atoms with Gasteiger partial charge in [0.15, 0.2) is 0 Å². The number of hydrogen-bond acceptors (Lipinski definition) is 1. The molecule has 0 aliphatic heterocycles. The molecule has 44 valence electrons. The molecule has 7 heavy (non-hydrogen) atoms. The van der Waals surface area contributed by atoms with Crippen molar-refractivity contribution in [2.75, 3.05) is 0 Å². The Bertz CT molecular complexity index is 37.1. The van der Waals surface area contributed by atoms with Crippen molar-refractivity contribution in [1.82, 2.24) is 0 Å². The van der Waals surface area contributed by atoms with Crippen molar-refractivity contribution in [2.45, 2.75) is 32.5 Å². The highest BCUT2D eigenvalue weighted by Crippen LogP contribution is 1.97. The molecule has 1 unspecified atom stereocenters. The van der Waals surface area contributed by atoms with Crippen molar-refractivity contribution in [3.05, 3.63) is 0 Å². The molecule has 0 saturated heterocycles. The normalized spacial score (nSPS) is 14.1. The van der Waals surface area contributed by atoms with E-state index in [1.54, 1.807) is 0 Å². The maximum atomic E-state index is 11.7. The lowest BCUT2D eigenvalue weighted by Gasteiger charge is -1.95.